The zero-order chi connectivity index (χ0) is 11.9. The minimum atomic E-state index is 0.982. The van der Waals surface area contributed by atoms with Crippen molar-refractivity contribution >= 4 is 12.6 Å². The Kier molecular flexibility index (Phi) is 4.68. The van der Waals surface area contributed by atoms with Gasteiger partial charge < -0.3 is 4.57 Å². The van der Waals surface area contributed by atoms with E-state index < -0.39 is 0 Å². The first-order chi connectivity index (χ1) is 8.42. The molecule has 0 spiro atoms. The third-order valence-corrected chi connectivity index (χ3v) is 3.12. The van der Waals surface area contributed by atoms with Gasteiger partial charge in [-0.1, -0.05) is 36.8 Å². The molecule has 90 valence electrons. The zero-order valence-corrected chi connectivity index (χ0v) is 10.8. The van der Waals surface area contributed by atoms with Crippen LogP contribution in [0.15, 0.2) is 42.7 Å². The van der Waals surface area contributed by atoms with Gasteiger partial charge in [-0.3, -0.25) is 0 Å². The highest BCUT2D eigenvalue weighted by molar-refractivity contribution is 7.80. The maximum absolute atomic E-state index is 4.43. The van der Waals surface area contributed by atoms with Crippen LogP contribution in [-0.4, -0.2) is 15.3 Å². The van der Waals surface area contributed by atoms with Gasteiger partial charge in [0, 0.05) is 24.5 Å². The lowest BCUT2D eigenvalue weighted by Gasteiger charge is -2.07. The van der Waals surface area contributed by atoms with Crippen LogP contribution in [0.2, 0.25) is 0 Å². The first-order valence-corrected chi connectivity index (χ1v) is 6.72. The van der Waals surface area contributed by atoms with Crippen molar-refractivity contribution in [2.45, 2.75) is 25.8 Å². The average Bonchev–Trinajstić information content (AvgIpc) is 2.84. The Labute approximate surface area is 108 Å². The molecule has 0 saturated carbocycles. The van der Waals surface area contributed by atoms with Crippen LogP contribution in [0, 0.1) is 0 Å². The molecule has 0 aliphatic carbocycles. The summed E-state index contributed by atoms with van der Waals surface area (Å²) in [6, 6.07) is 10.3. The number of aryl methyl sites for hydroxylation is 1. The molecular weight excluding hydrogens is 228 g/mol. The molecule has 0 saturated heterocycles. The predicted octanol–water partition coefficient (Wildman–Crippen LogP) is 3.65. The second-order valence-corrected chi connectivity index (χ2v) is 4.54. The molecule has 2 rings (SSSR count). The molecule has 0 radical (unpaired) electrons. The topological polar surface area (TPSA) is 17.8 Å². The van der Waals surface area contributed by atoms with Crippen LogP contribution in [-0.2, 0) is 6.54 Å². The highest BCUT2D eigenvalue weighted by atomic mass is 32.1. The highest BCUT2D eigenvalue weighted by Gasteiger charge is 2.04. The lowest BCUT2D eigenvalue weighted by Crippen LogP contribution is -1.99. The number of hydrogen-bond donors (Lipinski definition) is 1. The van der Waals surface area contributed by atoms with Crippen molar-refractivity contribution in [3.8, 4) is 11.4 Å². The maximum atomic E-state index is 4.43. The van der Waals surface area contributed by atoms with Crippen molar-refractivity contribution in [3.63, 3.8) is 0 Å². The molecule has 1 aromatic heterocycles. The SMILES string of the molecule is SCCCCCn1ccnc1-c1ccccc1. The van der Waals surface area contributed by atoms with Gasteiger partial charge in [0.05, 0.1) is 0 Å². The number of thiol groups is 1. The number of imidazole rings is 1. The lowest BCUT2D eigenvalue weighted by molar-refractivity contribution is 0.609. The molecule has 0 bridgehead atoms. The summed E-state index contributed by atoms with van der Waals surface area (Å²) in [5, 5.41) is 0. The molecule has 0 amide bonds. The molecule has 1 aromatic carbocycles. The van der Waals surface area contributed by atoms with Crippen LogP contribution in [0.3, 0.4) is 0 Å². The Bertz CT molecular complexity index is 436. The fourth-order valence-corrected chi connectivity index (χ4v) is 2.13. The minimum Gasteiger partial charge on any atom is -0.331 e. The van der Waals surface area contributed by atoms with Gasteiger partial charge >= 0.3 is 0 Å². The Balaban J connectivity index is 2.02. The van der Waals surface area contributed by atoms with E-state index in [1.807, 2.05) is 12.3 Å². The van der Waals surface area contributed by atoms with Crippen LogP contribution in [0.25, 0.3) is 11.4 Å². The second kappa shape index (κ2) is 6.50. The quantitative estimate of drug-likeness (QED) is 0.608. The summed E-state index contributed by atoms with van der Waals surface area (Å²) in [4.78, 5) is 4.43. The van der Waals surface area contributed by atoms with Gasteiger partial charge in [-0.25, -0.2) is 4.98 Å². The summed E-state index contributed by atoms with van der Waals surface area (Å²) in [6.45, 7) is 1.04. The molecule has 0 unspecified atom stereocenters. The highest BCUT2D eigenvalue weighted by Crippen LogP contribution is 2.17. The summed E-state index contributed by atoms with van der Waals surface area (Å²) < 4.78 is 2.23. The molecule has 2 aromatic rings. The molecule has 0 aliphatic heterocycles. The maximum Gasteiger partial charge on any atom is 0.139 e. The van der Waals surface area contributed by atoms with Gasteiger partial charge in [0.1, 0.15) is 5.82 Å². The molecule has 17 heavy (non-hydrogen) atoms. The Morgan fingerprint density at radius 3 is 2.65 bits per heavy atom. The van der Waals surface area contributed by atoms with Gasteiger partial charge in [-0.05, 0) is 18.6 Å². The predicted molar refractivity (Wildman–Crippen MR) is 75.4 cm³/mol. The summed E-state index contributed by atoms with van der Waals surface area (Å²) in [5.74, 6) is 2.05. The first kappa shape index (κ1) is 12.2. The second-order valence-electron chi connectivity index (χ2n) is 4.09. The van der Waals surface area contributed by atoms with Crippen LogP contribution in [0.5, 0.6) is 0 Å². The standard InChI is InChI=1S/C14H18N2S/c17-12-6-2-5-10-16-11-9-15-14(16)13-7-3-1-4-8-13/h1,3-4,7-9,11,17H,2,5-6,10,12H2. The van der Waals surface area contributed by atoms with E-state index in [9.17, 15) is 0 Å². The molecule has 0 fully saturated rings. The van der Waals surface area contributed by atoms with E-state index in [4.69, 9.17) is 0 Å². The molecular formula is C14H18N2S. The van der Waals surface area contributed by atoms with E-state index in [1.54, 1.807) is 0 Å². The number of nitrogens with zero attached hydrogens (tertiary/aromatic N) is 2. The normalized spacial score (nSPS) is 10.6. The summed E-state index contributed by atoms with van der Waals surface area (Å²) in [5.41, 5.74) is 1.19. The van der Waals surface area contributed by atoms with Crippen molar-refractivity contribution in [1.29, 1.82) is 0 Å². The average molecular weight is 246 g/mol. The van der Waals surface area contributed by atoms with Gasteiger partial charge in [-0.15, -0.1) is 0 Å². The van der Waals surface area contributed by atoms with Gasteiger partial charge in [-0.2, -0.15) is 12.6 Å². The van der Waals surface area contributed by atoms with Crippen molar-refractivity contribution in [3.05, 3.63) is 42.7 Å². The van der Waals surface area contributed by atoms with E-state index in [1.165, 1.54) is 24.8 Å². The molecule has 0 aliphatic rings. The van der Waals surface area contributed by atoms with E-state index in [0.29, 0.717) is 0 Å². The zero-order valence-electron chi connectivity index (χ0n) is 9.92. The fourth-order valence-electron chi connectivity index (χ4n) is 1.91. The number of benzene rings is 1. The van der Waals surface area contributed by atoms with E-state index >= 15 is 0 Å². The molecule has 0 N–H and O–H groups in total. The number of unbranched alkanes of at least 4 members (excludes halogenated alkanes) is 2. The van der Waals surface area contributed by atoms with Gasteiger partial charge in [0.15, 0.2) is 0 Å². The van der Waals surface area contributed by atoms with Crippen molar-refractivity contribution in [1.82, 2.24) is 9.55 Å². The van der Waals surface area contributed by atoms with Crippen molar-refractivity contribution in [2.24, 2.45) is 0 Å². The van der Waals surface area contributed by atoms with Gasteiger partial charge in [0.25, 0.3) is 0 Å². The summed E-state index contributed by atoms with van der Waals surface area (Å²) >= 11 is 4.23. The first-order valence-electron chi connectivity index (χ1n) is 6.09. The monoisotopic (exact) mass is 246 g/mol. The van der Waals surface area contributed by atoms with Crippen LogP contribution in [0.1, 0.15) is 19.3 Å². The van der Waals surface area contributed by atoms with Gasteiger partial charge in [0.2, 0.25) is 0 Å². The van der Waals surface area contributed by atoms with Crippen LogP contribution < -0.4 is 0 Å². The van der Waals surface area contributed by atoms with Crippen LogP contribution >= 0.6 is 12.6 Å². The van der Waals surface area contributed by atoms with E-state index in [0.717, 1.165) is 18.1 Å². The van der Waals surface area contributed by atoms with E-state index in [2.05, 4.69) is 52.6 Å². The summed E-state index contributed by atoms with van der Waals surface area (Å²) in [6.07, 6.45) is 7.55. The number of hydrogen-bond acceptors (Lipinski definition) is 2. The molecule has 1 heterocycles. The third kappa shape index (κ3) is 3.37. The molecule has 0 atom stereocenters. The number of rotatable bonds is 6. The third-order valence-electron chi connectivity index (χ3n) is 2.80. The molecule has 3 heteroatoms. The van der Waals surface area contributed by atoms with Crippen LogP contribution in [0.4, 0.5) is 0 Å². The lowest BCUT2D eigenvalue weighted by atomic mass is 10.2. The fraction of sp³-hybridized carbons (Fsp3) is 0.357. The minimum absolute atomic E-state index is 0.982. The Morgan fingerprint density at radius 1 is 1.06 bits per heavy atom. The Hall–Kier alpha value is -1.22. The largest absolute Gasteiger partial charge is 0.331 e. The molecule has 2 nitrogen and oxygen atoms in total. The summed E-state index contributed by atoms with van der Waals surface area (Å²) in [7, 11) is 0. The van der Waals surface area contributed by atoms with E-state index in [-0.39, 0.29) is 0 Å². The Morgan fingerprint density at radius 2 is 1.88 bits per heavy atom. The van der Waals surface area contributed by atoms with Crippen molar-refractivity contribution < 1.29 is 0 Å². The van der Waals surface area contributed by atoms with Crippen molar-refractivity contribution in [2.75, 3.05) is 5.75 Å². The smallest absolute Gasteiger partial charge is 0.139 e. The number of aromatic nitrogens is 2.